The van der Waals surface area contributed by atoms with Crippen LogP contribution in [-0.2, 0) is 18.0 Å². The minimum Gasteiger partial charge on any atom is -0.307 e. The topological polar surface area (TPSA) is 109 Å². The molecule has 1 aliphatic heterocycles. The number of aliphatic imine (C=N–C) groups is 1. The van der Waals surface area contributed by atoms with Crippen molar-refractivity contribution in [2.24, 2.45) is 12.0 Å². The lowest BCUT2D eigenvalue weighted by Crippen LogP contribution is -2.31. The number of amides is 4. The van der Waals surface area contributed by atoms with Crippen molar-refractivity contribution in [3.05, 3.63) is 94.5 Å². The van der Waals surface area contributed by atoms with Crippen molar-refractivity contribution in [2.75, 3.05) is 21.3 Å². The summed E-state index contributed by atoms with van der Waals surface area (Å²) in [5.41, 5.74) is 4.32. The van der Waals surface area contributed by atoms with Gasteiger partial charge in [0.1, 0.15) is 5.82 Å². The number of benzene rings is 3. The number of thioether (sulfide) groups is 1. The fourth-order valence-electron chi connectivity index (χ4n) is 5.04. The molecule has 0 saturated carbocycles. The van der Waals surface area contributed by atoms with Crippen molar-refractivity contribution >= 4 is 52.0 Å². The van der Waals surface area contributed by atoms with Crippen LogP contribution in [0, 0.1) is 13.8 Å². The van der Waals surface area contributed by atoms with Gasteiger partial charge in [-0.05, 0) is 73.4 Å². The normalized spacial score (nSPS) is 14.3. The monoisotopic (exact) mass is 648 g/mol. The third-order valence-electron chi connectivity index (χ3n) is 7.41. The number of hydrogen-bond donors (Lipinski definition) is 2. The Morgan fingerprint density at radius 1 is 0.978 bits per heavy atom. The fraction of sp³-hybridized carbons (Fsp3) is 0.242. The lowest BCUT2D eigenvalue weighted by atomic mass is 9.99. The van der Waals surface area contributed by atoms with Gasteiger partial charge in [-0.25, -0.2) is 4.79 Å². The predicted molar refractivity (Wildman–Crippen MR) is 174 cm³/mol. The highest BCUT2D eigenvalue weighted by Crippen LogP contribution is 2.35. The number of alkyl halides is 3. The summed E-state index contributed by atoms with van der Waals surface area (Å²) in [6, 6.07) is 16.1. The highest BCUT2D eigenvalue weighted by Gasteiger charge is 2.33. The third kappa shape index (κ3) is 6.84. The van der Waals surface area contributed by atoms with Gasteiger partial charge in [0.05, 0.1) is 22.7 Å². The van der Waals surface area contributed by atoms with E-state index in [1.54, 1.807) is 38.2 Å². The maximum atomic E-state index is 12.9. The van der Waals surface area contributed by atoms with Crippen molar-refractivity contribution in [2.45, 2.75) is 39.8 Å². The van der Waals surface area contributed by atoms with Gasteiger partial charge in [-0.1, -0.05) is 49.9 Å². The van der Waals surface area contributed by atoms with Gasteiger partial charge in [0.2, 0.25) is 5.91 Å². The Hall–Kier alpha value is -4.91. The number of nitrogens with one attached hydrogen (secondary N) is 2. The summed E-state index contributed by atoms with van der Waals surface area (Å²) in [6.45, 7) is 7.80. The molecule has 1 aliphatic rings. The van der Waals surface area contributed by atoms with Crippen LogP contribution in [0.5, 0.6) is 0 Å². The third-order valence-corrected chi connectivity index (χ3v) is 8.33. The molecule has 2 heterocycles. The van der Waals surface area contributed by atoms with Gasteiger partial charge < -0.3 is 10.6 Å². The Labute approximate surface area is 267 Å². The van der Waals surface area contributed by atoms with Gasteiger partial charge in [0, 0.05) is 29.4 Å². The predicted octanol–water partition coefficient (Wildman–Crippen LogP) is 7.77. The molecular weight excluding hydrogens is 617 g/mol. The first-order valence-corrected chi connectivity index (χ1v) is 15.3. The van der Waals surface area contributed by atoms with Gasteiger partial charge in [-0.3, -0.25) is 19.2 Å². The van der Waals surface area contributed by atoms with Gasteiger partial charge in [0.25, 0.3) is 5.91 Å². The number of aryl methyl sites for hydroxylation is 2. The Balaban J connectivity index is 1.29. The molecule has 1 aromatic heterocycles. The summed E-state index contributed by atoms with van der Waals surface area (Å²) < 4.78 is 40.1. The molecule has 0 radical (unpaired) electrons. The SMILES string of the molecule is Cc1ccc(C(C)C)c(N2C(=O)CSC2=NC(=O)Nc2ccc(-c3nn(C)c(NC(=O)c4ccc(C(F)(F)F)cc4)c3C)cc2)c1. The molecular formula is C33H31F3N6O3S. The lowest BCUT2D eigenvalue weighted by molar-refractivity contribution is -0.137. The largest absolute Gasteiger partial charge is 0.416 e. The van der Waals surface area contributed by atoms with E-state index in [4.69, 9.17) is 0 Å². The number of hydrogen-bond acceptors (Lipinski definition) is 5. The number of urea groups is 1. The molecule has 5 rings (SSSR count). The molecule has 0 atom stereocenters. The Morgan fingerprint density at radius 3 is 2.28 bits per heavy atom. The number of aromatic nitrogens is 2. The lowest BCUT2D eigenvalue weighted by Gasteiger charge is -2.22. The number of nitrogens with zero attached hydrogens (tertiary/aromatic N) is 4. The van der Waals surface area contributed by atoms with E-state index in [1.165, 1.54) is 21.3 Å². The quantitative estimate of drug-likeness (QED) is 0.222. The maximum Gasteiger partial charge on any atom is 0.416 e. The second-order valence-corrected chi connectivity index (χ2v) is 12.1. The minimum atomic E-state index is -4.50. The van der Waals surface area contributed by atoms with Crippen LogP contribution in [0.3, 0.4) is 0 Å². The Kier molecular flexibility index (Phi) is 9.06. The van der Waals surface area contributed by atoms with Crippen molar-refractivity contribution in [3.63, 3.8) is 0 Å². The standard InChI is InChI=1S/C33H31F3N6O3S/c1-18(2)25-15-6-19(3)16-26(25)42-27(43)17-46-32(42)39-31(45)37-24-13-9-21(10-14-24)28-20(4)29(41(5)40-28)38-30(44)22-7-11-23(12-8-22)33(34,35)36/h6-16,18H,17H2,1-5H3,(H,37,45)(H,38,44). The van der Waals surface area contributed by atoms with Gasteiger partial charge in [-0.15, -0.1) is 0 Å². The number of rotatable bonds is 6. The number of carbonyl (C=O) groups excluding carboxylic acids is 3. The molecule has 4 aromatic rings. The summed E-state index contributed by atoms with van der Waals surface area (Å²) in [5.74, 6) is 0.0125. The maximum absolute atomic E-state index is 12.9. The molecule has 13 heteroatoms. The minimum absolute atomic E-state index is 0.0709. The highest BCUT2D eigenvalue weighted by molar-refractivity contribution is 8.15. The molecule has 238 valence electrons. The Bertz CT molecular complexity index is 1850. The van der Waals surface area contributed by atoms with E-state index >= 15 is 0 Å². The molecule has 1 fully saturated rings. The van der Waals surface area contributed by atoms with Crippen LogP contribution < -0.4 is 15.5 Å². The number of amidine groups is 1. The van der Waals surface area contributed by atoms with Crippen molar-refractivity contribution in [1.82, 2.24) is 9.78 Å². The molecule has 0 aliphatic carbocycles. The first-order chi connectivity index (χ1) is 21.7. The van der Waals surface area contributed by atoms with E-state index in [9.17, 15) is 27.6 Å². The zero-order chi connectivity index (χ0) is 33.3. The van der Waals surface area contributed by atoms with E-state index in [0.717, 1.165) is 41.1 Å². The number of halogens is 3. The van der Waals surface area contributed by atoms with Crippen LogP contribution in [0.2, 0.25) is 0 Å². The molecule has 9 nitrogen and oxygen atoms in total. The zero-order valence-corrected chi connectivity index (χ0v) is 26.5. The van der Waals surface area contributed by atoms with Crippen LogP contribution in [-0.4, -0.2) is 38.5 Å². The fourth-order valence-corrected chi connectivity index (χ4v) is 5.89. The van der Waals surface area contributed by atoms with Crippen LogP contribution in [0.1, 0.15) is 52.4 Å². The number of anilines is 3. The van der Waals surface area contributed by atoms with E-state index in [1.807, 2.05) is 39.0 Å². The van der Waals surface area contributed by atoms with Crippen molar-refractivity contribution in [3.8, 4) is 11.3 Å². The Morgan fingerprint density at radius 2 is 1.65 bits per heavy atom. The van der Waals surface area contributed by atoms with Crippen LogP contribution >= 0.6 is 11.8 Å². The average Bonchev–Trinajstić information content (AvgIpc) is 3.50. The van der Waals surface area contributed by atoms with Crippen molar-refractivity contribution < 1.29 is 27.6 Å². The molecule has 2 N–H and O–H groups in total. The van der Waals surface area contributed by atoms with E-state index in [-0.39, 0.29) is 23.1 Å². The van der Waals surface area contributed by atoms with Crippen molar-refractivity contribution in [1.29, 1.82) is 0 Å². The molecule has 1 saturated heterocycles. The van der Waals surface area contributed by atoms with E-state index in [2.05, 4.69) is 20.7 Å². The van der Waals surface area contributed by atoms with Crippen LogP contribution in [0.4, 0.5) is 35.2 Å². The molecule has 0 bridgehead atoms. The second-order valence-electron chi connectivity index (χ2n) is 11.1. The van der Waals surface area contributed by atoms with Gasteiger partial charge >= 0.3 is 12.2 Å². The molecule has 46 heavy (non-hydrogen) atoms. The average molecular weight is 649 g/mol. The first-order valence-electron chi connectivity index (χ1n) is 14.3. The van der Waals surface area contributed by atoms with Gasteiger partial charge in [-0.2, -0.15) is 23.3 Å². The van der Waals surface area contributed by atoms with E-state index < -0.39 is 23.7 Å². The summed E-state index contributed by atoms with van der Waals surface area (Å²) in [7, 11) is 1.64. The summed E-state index contributed by atoms with van der Waals surface area (Å²) in [4.78, 5) is 44.2. The highest BCUT2D eigenvalue weighted by atomic mass is 32.2. The van der Waals surface area contributed by atoms with Crippen LogP contribution in [0.25, 0.3) is 11.3 Å². The second kappa shape index (κ2) is 12.8. The summed E-state index contributed by atoms with van der Waals surface area (Å²) in [6.07, 6.45) is -4.50. The first kappa shape index (κ1) is 32.5. The molecule has 0 spiro atoms. The molecule has 4 amide bonds. The molecule has 0 unspecified atom stereocenters. The van der Waals surface area contributed by atoms with Crippen LogP contribution in [0.15, 0.2) is 71.7 Å². The van der Waals surface area contributed by atoms with E-state index in [0.29, 0.717) is 33.5 Å². The summed E-state index contributed by atoms with van der Waals surface area (Å²) in [5, 5.41) is 10.3. The molecule has 3 aromatic carbocycles. The smallest absolute Gasteiger partial charge is 0.307 e. The zero-order valence-electron chi connectivity index (χ0n) is 25.7. The number of carbonyl (C=O) groups is 3. The summed E-state index contributed by atoms with van der Waals surface area (Å²) >= 11 is 1.21. The van der Waals surface area contributed by atoms with Gasteiger partial charge in [0.15, 0.2) is 5.17 Å².